The lowest BCUT2D eigenvalue weighted by Gasteiger charge is -1.89. The molecule has 0 bridgehead atoms. The van der Waals surface area contributed by atoms with Crippen LogP contribution in [0.2, 0.25) is 0 Å². The largest absolute Gasteiger partial charge is 0.466 e. The number of nitrogens with one attached hydrogen (secondary N) is 1. The average molecular weight is 187 g/mol. The van der Waals surface area contributed by atoms with Crippen molar-refractivity contribution in [2.45, 2.75) is 0 Å². The minimum absolute atomic E-state index is 0.0231. The zero-order valence-corrected chi connectivity index (χ0v) is 6.27. The first-order valence-electron chi connectivity index (χ1n) is 2.09. The Morgan fingerprint density at radius 1 is 1.45 bits per heavy atom. The highest BCUT2D eigenvalue weighted by Crippen LogP contribution is 2.25. The second-order valence-corrected chi connectivity index (χ2v) is 2.20. The second-order valence-electron chi connectivity index (χ2n) is 1.17. The number of rotatable bonds is 0. The van der Waals surface area contributed by atoms with Crippen molar-refractivity contribution in [1.29, 1.82) is 0 Å². The Labute approximate surface area is 62.1 Å². The normalized spacial score (nSPS) is 11.5. The Bertz CT molecular complexity index is 154. The highest BCUT2D eigenvalue weighted by Gasteiger charge is 2.00. The number of hydrogen-bond donors (Lipinski definition) is 7. The van der Waals surface area contributed by atoms with E-state index in [9.17, 15) is 0 Å². The van der Waals surface area contributed by atoms with Crippen molar-refractivity contribution in [2.75, 3.05) is 0 Å². The summed E-state index contributed by atoms with van der Waals surface area (Å²) >= 11 is 0. The van der Waals surface area contributed by atoms with Gasteiger partial charge < -0.3 is 26.3 Å². The van der Waals surface area contributed by atoms with E-state index in [1.54, 1.807) is 0 Å². The molecule has 0 rings (SSSR count). The topological polar surface area (TPSA) is 180 Å². The van der Waals surface area contributed by atoms with Crippen LogP contribution in [0, 0.1) is 0 Å². The van der Waals surface area contributed by atoms with Gasteiger partial charge in [-0.05, 0) is 0 Å². The summed E-state index contributed by atoms with van der Waals surface area (Å²) in [5.74, 6) is 9.32. The minimum atomic E-state index is -4.64. The van der Waals surface area contributed by atoms with E-state index in [4.69, 9.17) is 30.8 Å². The lowest BCUT2D eigenvalue weighted by Crippen LogP contribution is -2.37. The van der Waals surface area contributed by atoms with Gasteiger partial charge in [-0.15, -0.1) is 5.10 Å². The quantitative estimate of drug-likeness (QED) is 0.0676. The van der Waals surface area contributed by atoms with Crippen molar-refractivity contribution in [3.63, 3.8) is 0 Å². The van der Waals surface area contributed by atoms with Crippen LogP contribution in [-0.2, 0) is 4.57 Å². The predicted molar refractivity (Wildman–Crippen MR) is 37.4 cm³/mol. The van der Waals surface area contributed by atoms with E-state index in [-0.39, 0.29) is 5.96 Å². The van der Waals surface area contributed by atoms with Crippen LogP contribution < -0.4 is 22.8 Å². The van der Waals surface area contributed by atoms with Crippen LogP contribution in [0.5, 0.6) is 0 Å². The summed E-state index contributed by atoms with van der Waals surface area (Å²) in [5, 5.41) is 2.97. The van der Waals surface area contributed by atoms with Gasteiger partial charge in [0.15, 0.2) is 0 Å². The molecule has 10 N–H and O–H groups in total. The Hall–Kier alpha value is -0.860. The molecule has 0 saturated heterocycles. The maximum absolute atomic E-state index is 8.88. The fourth-order valence-corrected chi connectivity index (χ4v) is 0.0373. The summed E-state index contributed by atoms with van der Waals surface area (Å²) in [6.07, 6.45) is 0. The summed E-state index contributed by atoms with van der Waals surface area (Å²) in [6, 6.07) is 0. The smallest absolute Gasteiger partial charge is 0.367 e. The molecule has 0 unspecified atom stereocenters. The van der Waals surface area contributed by atoms with Crippen molar-refractivity contribution in [3.05, 3.63) is 0 Å². The van der Waals surface area contributed by atoms with E-state index in [2.05, 4.69) is 10.9 Å². The van der Waals surface area contributed by atoms with Crippen molar-refractivity contribution in [1.82, 2.24) is 5.43 Å². The molecular formula is CH10N5O4P. The van der Waals surface area contributed by atoms with Crippen LogP contribution in [0.4, 0.5) is 0 Å². The molecule has 0 aliphatic rings. The highest BCUT2D eigenvalue weighted by molar-refractivity contribution is 7.45. The Morgan fingerprint density at radius 2 is 1.73 bits per heavy atom. The standard InChI is InChI=1S/CH7N5.H3O4P/c2-1(5-3)6-4;1-5(2,3)4/h3-4H2,(H3,2,5,6);(H3,1,2,3,4). The molecule has 10 heteroatoms. The molecule has 9 nitrogen and oxygen atoms in total. The zero-order valence-electron chi connectivity index (χ0n) is 5.38. The number of phosphoric acid groups is 1. The lowest BCUT2D eigenvalue weighted by atomic mass is 11.1. The summed E-state index contributed by atoms with van der Waals surface area (Å²) in [7, 11) is -4.64. The van der Waals surface area contributed by atoms with Crippen LogP contribution in [0.3, 0.4) is 0 Å². The molecule has 0 fully saturated rings. The number of hydrogen-bond acceptors (Lipinski definition) is 4. The Morgan fingerprint density at radius 3 is 1.73 bits per heavy atom. The van der Waals surface area contributed by atoms with E-state index in [1.165, 1.54) is 0 Å². The SMILES string of the molecule is NN=C(N)NN.O=P(O)(O)O. The summed E-state index contributed by atoms with van der Waals surface area (Å²) < 4.78 is 8.88. The minimum Gasteiger partial charge on any atom is -0.367 e. The maximum atomic E-state index is 8.88. The molecule has 0 aromatic heterocycles. The van der Waals surface area contributed by atoms with Gasteiger partial charge in [0.2, 0.25) is 5.96 Å². The molecule has 11 heavy (non-hydrogen) atoms. The summed E-state index contributed by atoms with van der Waals surface area (Å²) in [5.41, 5.74) is 6.88. The van der Waals surface area contributed by atoms with Crippen LogP contribution in [0.1, 0.15) is 0 Å². The van der Waals surface area contributed by atoms with Crippen LogP contribution in [-0.4, -0.2) is 20.6 Å². The first kappa shape index (κ1) is 12.8. The van der Waals surface area contributed by atoms with Crippen molar-refractivity contribution >= 4 is 13.8 Å². The Kier molecular flexibility index (Phi) is 6.85. The summed E-state index contributed by atoms with van der Waals surface area (Å²) in [4.78, 5) is 21.6. The number of nitrogens with two attached hydrogens (primary N) is 3. The first-order chi connectivity index (χ1) is 4.81. The number of hydrazine groups is 1. The monoisotopic (exact) mass is 187 g/mol. The van der Waals surface area contributed by atoms with Gasteiger partial charge in [-0.25, -0.2) is 10.4 Å². The first-order valence-corrected chi connectivity index (χ1v) is 3.66. The van der Waals surface area contributed by atoms with E-state index in [1.807, 2.05) is 5.43 Å². The third-order valence-corrected chi connectivity index (χ3v) is 0.287. The number of nitrogens with zero attached hydrogens (tertiary/aromatic N) is 1. The molecule has 0 aromatic carbocycles. The van der Waals surface area contributed by atoms with Crippen molar-refractivity contribution in [2.24, 2.45) is 22.5 Å². The molecule has 0 amide bonds. The molecule has 0 aromatic rings. The molecule has 0 aliphatic heterocycles. The molecule has 68 valence electrons. The van der Waals surface area contributed by atoms with Gasteiger partial charge in [0, 0.05) is 0 Å². The fraction of sp³-hybridized carbons (Fsp3) is 0. The molecule has 0 aliphatic carbocycles. The van der Waals surface area contributed by atoms with E-state index >= 15 is 0 Å². The molecular weight excluding hydrogens is 177 g/mol. The third-order valence-electron chi connectivity index (χ3n) is 0.287. The molecule has 0 spiro atoms. The zero-order chi connectivity index (χ0) is 9.49. The molecule has 0 heterocycles. The van der Waals surface area contributed by atoms with Gasteiger partial charge in [-0.2, -0.15) is 0 Å². The Balaban J connectivity index is 0. The van der Waals surface area contributed by atoms with Gasteiger partial charge in [0.25, 0.3) is 0 Å². The van der Waals surface area contributed by atoms with Crippen LogP contribution in [0.15, 0.2) is 5.10 Å². The van der Waals surface area contributed by atoms with Crippen molar-refractivity contribution in [3.8, 4) is 0 Å². The van der Waals surface area contributed by atoms with Gasteiger partial charge in [-0.3, -0.25) is 5.43 Å². The number of guanidine groups is 1. The van der Waals surface area contributed by atoms with Gasteiger partial charge >= 0.3 is 7.82 Å². The van der Waals surface area contributed by atoms with Gasteiger partial charge in [-0.1, -0.05) is 0 Å². The van der Waals surface area contributed by atoms with Gasteiger partial charge in [0.05, 0.1) is 0 Å². The lowest BCUT2D eigenvalue weighted by molar-refractivity contribution is 0.275. The van der Waals surface area contributed by atoms with Crippen LogP contribution >= 0.6 is 7.82 Å². The van der Waals surface area contributed by atoms with E-state index in [0.29, 0.717) is 0 Å². The predicted octanol–water partition coefficient (Wildman–Crippen LogP) is -3.29. The van der Waals surface area contributed by atoms with Crippen molar-refractivity contribution < 1.29 is 19.2 Å². The average Bonchev–Trinajstić information content (AvgIpc) is 1.83. The molecule has 0 atom stereocenters. The van der Waals surface area contributed by atoms with E-state index in [0.717, 1.165) is 0 Å². The van der Waals surface area contributed by atoms with E-state index < -0.39 is 7.82 Å². The third kappa shape index (κ3) is 47.3. The number of hydrazone groups is 1. The highest BCUT2D eigenvalue weighted by atomic mass is 31.2. The van der Waals surface area contributed by atoms with Gasteiger partial charge in [0.1, 0.15) is 0 Å². The van der Waals surface area contributed by atoms with Crippen LogP contribution in [0.25, 0.3) is 0 Å². The fourth-order valence-electron chi connectivity index (χ4n) is 0.0373. The second kappa shape index (κ2) is 5.89. The molecule has 0 saturated carbocycles. The summed E-state index contributed by atoms with van der Waals surface area (Å²) in [6.45, 7) is 0. The maximum Gasteiger partial charge on any atom is 0.466 e. The molecule has 0 radical (unpaired) electrons.